The van der Waals surface area contributed by atoms with Gasteiger partial charge in [-0.15, -0.1) is 0 Å². The topological polar surface area (TPSA) is 49.8 Å². The largest absolute Gasteiger partial charge is 0.507 e. The maximum absolute atomic E-state index is 12.8. The van der Waals surface area contributed by atoms with Crippen molar-refractivity contribution in [3.8, 4) is 11.5 Å². The predicted octanol–water partition coefficient (Wildman–Crippen LogP) is 5.39. The minimum absolute atomic E-state index is 0.147. The lowest BCUT2D eigenvalue weighted by atomic mass is 10.0. The summed E-state index contributed by atoms with van der Waals surface area (Å²) in [7, 11) is 0. The fourth-order valence-corrected chi connectivity index (χ4v) is 3.55. The Morgan fingerprint density at radius 3 is 2.37 bits per heavy atom. The Kier molecular flexibility index (Phi) is 6.34. The highest BCUT2D eigenvalue weighted by Gasteiger charge is 2.31. The van der Waals surface area contributed by atoms with Crippen LogP contribution in [0.2, 0.25) is 0 Å². The number of phenols is 1. The van der Waals surface area contributed by atoms with Crippen LogP contribution in [0.5, 0.6) is 11.5 Å². The molecule has 4 nitrogen and oxygen atoms in total. The molecule has 0 amide bonds. The van der Waals surface area contributed by atoms with Gasteiger partial charge in [-0.05, 0) is 61.8 Å². The van der Waals surface area contributed by atoms with Crippen molar-refractivity contribution >= 4 is 27.8 Å². The molecule has 0 spiro atoms. The fraction of sp³-hybridized carbons (Fsp3) is 0.318. The quantitative estimate of drug-likeness (QED) is 0.599. The van der Waals surface area contributed by atoms with E-state index in [1.54, 1.807) is 18.2 Å². The van der Waals surface area contributed by atoms with Gasteiger partial charge in [-0.25, -0.2) is 0 Å². The molecule has 0 atom stereocenters. The third-order valence-electron chi connectivity index (χ3n) is 4.55. The molecule has 3 rings (SSSR count). The van der Waals surface area contributed by atoms with Gasteiger partial charge >= 0.3 is 0 Å². The molecule has 0 fully saturated rings. The summed E-state index contributed by atoms with van der Waals surface area (Å²) < 4.78 is 6.91. The maximum atomic E-state index is 12.8. The predicted molar refractivity (Wildman–Crippen MR) is 111 cm³/mol. The number of nitrogens with zero attached hydrogens (tertiary/aromatic N) is 1. The average molecular weight is 430 g/mol. The molecule has 0 aliphatic carbocycles. The molecule has 2 aromatic rings. The van der Waals surface area contributed by atoms with Gasteiger partial charge in [-0.1, -0.05) is 41.9 Å². The molecule has 27 heavy (non-hydrogen) atoms. The van der Waals surface area contributed by atoms with Gasteiger partial charge in [0.1, 0.15) is 11.5 Å². The molecule has 0 saturated carbocycles. The van der Waals surface area contributed by atoms with Crippen LogP contribution in [-0.2, 0) is 6.54 Å². The van der Waals surface area contributed by atoms with Crippen molar-refractivity contribution in [2.45, 2.75) is 33.2 Å². The van der Waals surface area contributed by atoms with Crippen LogP contribution in [0.25, 0.3) is 6.08 Å². The lowest BCUT2D eigenvalue weighted by molar-refractivity contribution is 0.101. The van der Waals surface area contributed by atoms with Gasteiger partial charge in [0.2, 0.25) is 5.78 Å². The number of halogens is 1. The first-order valence-corrected chi connectivity index (χ1v) is 10.1. The third-order valence-corrected chi connectivity index (χ3v) is 5.07. The van der Waals surface area contributed by atoms with Crippen molar-refractivity contribution in [2.75, 3.05) is 13.1 Å². The van der Waals surface area contributed by atoms with Gasteiger partial charge in [0.25, 0.3) is 0 Å². The number of Topliss-reactive ketones (excluding diaryl/α,β-unsaturated/α-hetero) is 1. The Hall–Kier alpha value is -2.11. The molecule has 0 saturated heterocycles. The molecule has 0 radical (unpaired) electrons. The molecule has 0 bridgehead atoms. The number of fused-ring (bicyclic) bond motifs is 1. The van der Waals surface area contributed by atoms with E-state index >= 15 is 0 Å². The normalized spacial score (nSPS) is 14.7. The fourth-order valence-electron chi connectivity index (χ4n) is 3.29. The van der Waals surface area contributed by atoms with Crippen LogP contribution in [0.15, 0.2) is 46.6 Å². The number of benzene rings is 2. The van der Waals surface area contributed by atoms with Gasteiger partial charge in [-0.3, -0.25) is 9.69 Å². The minimum atomic E-state index is -0.147. The summed E-state index contributed by atoms with van der Waals surface area (Å²) in [6, 6.07) is 10.9. The van der Waals surface area contributed by atoms with E-state index in [4.69, 9.17) is 4.74 Å². The van der Waals surface area contributed by atoms with E-state index in [1.807, 2.05) is 24.3 Å². The van der Waals surface area contributed by atoms with E-state index in [0.29, 0.717) is 23.4 Å². The first-order valence-electron chi connectivity index (χ1n) is 9.30. The molecule has 1 aliphatic rings. The van der Waals surface area contributed by atoms with Crippen molar-refractivity contribution in [3.05, 3.63) is 63.3 Å². The van der Waals surface area contributed by atoms with Crippen LogP contribution in [0.1, 0.15) is 48.2 Å². The smallest absolute Gasteiger partial charge is 0.231 e. The van der Waals surface area contributed by atoms with E-state index in [-0.39, 0.29) is 17.3 Å². The lowest BCUT2D eigenvalue weighted by Gasteiger charge is -2.22. The van der Waals surface area contributed by atoms with Gasteiger partial charge in [0.15, 0.2) is 5.76 Å². The van der Waals surface area contributed by atoms with Crippen LogP contribution < -0.4 is 4.74 Å². The number of allylic oxidation sites excluding steroid dienone is 1. The summed E-state index contributed by atoms with van der Waals surface area (Å²) in [6.07, 6.45) is 3.81. The van der Waals surface area contributed by atoms with Crippen LogP contribution in [0.3, 0.4) is 0 Å². The monoisotopic (exact) mass is 429 g/mol. The molecule has 2 aromatic carbocycles. The van der Waals surface area contributed by atoms with Gasteiger partial charge in [0.05, 0.1) is 11.1 Å². The number of phenolic OH excluding ortho intramolecular Hbond substituents is 1. The Balaban J connectivity index is 1.92. The summed E-state index contributed by atoms with van der Waals surface area (Å²) in [4.78, 5) is 15.0. The summed E-state index contributed by atoms with van der Waals surface area (Å²) in [6.45, 7) is 6.71. The van der Waals surface area contributed by atoms with E-state index in [1.165, 1.54) is 0 Å². The number of hydrogen-bond acceptors (Lipinski definition) is 4. The Morgan fingerprint density at radius 2 is 1.74 bits per heavy atom. The summed E-state index contributed by atoms with van der Waals surface area (Å²) >= 11 is 3.41. The molecule has 5 heteroatoms. The Labute approximate surface area is 168 Å². The van der Waals surface area contributed by atoms with Gasteiger partial charge in [0, 0.05) is 11.0 Å². The zero-order valence-corrected chi connectivity index (χ0v) is 17.3. The van der Waals surface area contributed by atoms with Crippen molar-refractivity contribution < 1.29 is 14.6 Å². The van der Waals surface area contributed by atoms with E-state index < -0.39 is 0 Å². The van der Waals surface area contributed by atoms with E-state index in [0.717, 1.165) is 36.0 Å². The molecular formula is C22H24BrNO3. The molecule has 0 unspecified atom stereocenters. The molecule has 1 N–H and O–H groups in total. The van der Waals surface area contributed by atoms with Crippen LogP contribution >= 0.6 is 15.9 Å². The SMILES string of the molecule is CCCN(CCC)Cc1c(O)ccc2c1O/C(=C/c1ccc(Br)cc1)C2=O. The number of rotatable bonds is 7. The molecule has 142 valence electrons. The van der Waals surface area contributed by atoms with Crippen molar-refractivity contribution in [3.63, 3.8) is 0 Å². The number of aromatic hydroxyl groups is 1. The number of carbonyl (C=O) groups is 1. The van der Waals surface area contributed by atoms with Crippen LogP contribution in [0, 0.1) is 0 Å². The highest BCUT2D eigenvalue weighted by atomic mass is 79.9. The second-order valence-corrected chi connectivity index (χ2v) is 7.62. The first kappa shape index (κ1) is 19.6. The first-order chi connectivity index (χ1) is 13.0. The number of ether oxygens (including phenoxy) is 1. The second-order valence-electron chi connectivity index (χ2n) is 6.71. The van der Waals surface area contributed by atoms with Crippen LogP contribution in [0.4, 0.5) is 0 Å². The summed E-state index contributed by atoms with van der Waals surface area (Å²) in [5.41, 5.74) is 2.08. The minimum Gasteiger partial charge on any atom is -0.507 e. The number of hydrogen-bond donors (Lipinski definition) is 1. The summed E-state index contributed by atoms with van der Waals surface area (Å²) in [5.74, 6) is 0.799. The van der Waals surface area contributed by atoms with Crippen LogP contribution in [-0.4, -0.2) is 28.9 Å². The molecule has 1 heterocycles. The molecule has 0 aromatic heterocycles. The average Bonchev–Trinajstić information content (AvgIpc) is 2.96. The van der Waals surface area contributed by atoms with Crippen molar-refractivity contribution in [2.24, 2.45) is 0 Å². The molecule has 1 aliphatic heterocycles. The Morgan fingerprint density at radius 1 is 1.07 bits per heavy atom. The highest BCUT2D eigenvalue weighted by molar-refractivity contribution is 9.10. The van der Waals surface area contributed by atoms with E-state index in [2.05, 4.69) is 34.7 Å². The zero-order chi connectivity index (χ0) is 19.4. The standard InChI is InChI=1S/C22H24BrNO3/c1-3-11-24(12-4-2)14-18-19(25)10-9-17-21(26)20(27-22(17)18)13-15-5-7-16(23)8-6-15/h5-10,13,25H,3-4,11-12,14H2,1-2H3/b20-13+. The lowest BCUT2D eigenvalue weighted by Crippen LogP contribution is -2.25. The van der Waals surface area contributed by atoms with Gasteiger partial charge in [-0.2, -0.15) is 0 Å². The highest BCUT2D eigenvalue weighted by Crippen LogP contribution is 2.40. The maximum Gasteiger partial charge on any atom is 0.231 e. The third kappa shape index (κ3) is 4.42. The number of ketones is 1. The van der Waals surface area contributed by atoms with Crippen molar-refractivity contribution in [1.29, 1.82) is 0 Å². The Bertz CT molecular complexity index is 853. The summed E-state index contributed by atoms with van der Waals surface area (Å²) in [5, 5.41) is 10.4. The zero-order valence-electron chi connectivity index (χ0n) is 15.7. The van der Waals surface area contributed by atoms with E-state index in [9.17, 15) is 9.90 Å². The van der Waals surface area contributed by atoms with Crippen molar-refractivity contribution in [1.82, 2.24) is 4.90 Å². The number of carbonyl (C=O) groups excluding carboxylic acids is 1. The van der Waals surface area contributed by atoms with Gasteiger partial charge < -0.3 is 9.84 Å². The molecular weight excluding hydrogens is 406 g/mol. The second kappa shape index (κ2) is 8.72.